The van der Waals surface area contributed by atoms with Crippen LogP contribution in [0.2, 0.25) is 0 Å². The Morgan fingerprint density at radius 2 is 1.92 bits per heavy atom. The van der Waals surface area contributed by atoms with Crippen LogP contribution in [0.3, 0.4) is 0 Å². The first-order valence-corrected chi connectivity index (χ1v) is 8.81. The van der Waals surface area contributed by atoms with Gasteiger partial charge in [0, 0.05) is 36.6 Å². The molecule has 0 radical (unpaired) electrons. The molecule has 4 heterocycles. The van der Waals surface area contributed by atoms with Crippen molar-refractivity contribution < 1.29 is 4.79 Å². The molecule has 25 heavy (non-hydrogen) atoms. The molecule has 0 N–H and O–H groups in total. The van der Waals surface area contributed by atoms with E-state index >= 15 is 0 Å². The van der Waals surface area contributed by atoms with Crippen LogP contribution < -0.4 is 0 Å². The first-order valence-electron chi connectivity index (χ1n) is 8.81. The maximum atomic E-state index is 12.7. The van der Waals surface area contributed by atoms with Gasteiger partial charge in [0.15, 0.2) is 0 Å². The van der Waals surface area contributed by atoms with Gasteiger partial charge in [-0.1, -0.05) is 6.92 Å². The van der Waals surface area contributed by atoms with Gasteiger partial charge in [0.25, 0.3) is 5.91 Å². The molecular formula is C20H22N4O. The minimum atomic E-state index is 0.0889. The molecule has 1 amide bonds. The van der Waals surface area contributed by atoms with E-state index in [1.54, 1.807) is 6.20 Å². The van der Waals surface area contributed by atoms with E-state index in [9.17, 15) is 4.79 Å². The molecule has 4 rings (SSSR count). The Hall–Kier alpha value is -2.69. The summed E-state index contributed by atoms with van der Waals surface area (Å²) in [5, 5.41) is 0.969. The fraction of sp³-hybridized carbons (Fsp3) is 0.350. The fourth-order valence-electron chi connectivity index (χ4n) is 3.35. The van der Waals surface area contributed by atoms with E-state index in [2.05, 4.69) is 16.9 Å². The van der Waals surface area contributed by atoms with E-state index in [1.165, 1.54) is 0 Å². The molecule has 1 aliphatic rings. The molecule has 1 saturated heterocycles. The number of aromatic nitrogens is 3. The van der Waals surface area contributed by atoms with Crippen LogP contribution in [0.1, 0.15) is 35.8 Å². The summed E-state index contributed by atoms with van der Waals surface area (Å²) in [7, 11) is 0. The number of amides is 1. The lowest BCUT2D eigenvalue weighted by Gasteiger charge is -2.30. The van der Waals surface area contributed by atoms with Gasteiger partial charge in [-0.25, -0.2) is 4.98 Å². The Bertz CT molecular complexity index is 905. The van der Waals surface area contributed by atoms with E-state index in [1.807, 2.05) is 53.0 Å². The van der Waals surface area contributed by atoms with E-state index in [0.29, 0.717) is 11.5 Å². The largest absolute Gasteiger partial charge is 0.339 e. The molecule has 0 bridgehead atoms. The van der Waals surface area contributed by atoms with Crippen molar-refractivity contribution in [1.29, 1.82) is 0 Å². The summed E-state index contributed by atoms with van der Waals surface area (Å²) in [6.07, 6.45) is 7.67. The summed E-state index contributed by atoms with van der Waals surface area (Å²) in [5.74, 6) is 0.799. The molecule has 1 fully saturated rings. The Morgan fingerprint density at radius 3 is 2.64 bits per heavy atom. The van der Waals surface area contributed by atoms with Crippen molar-refractivity contribution in [2.45, 2.75) is 26.7 Å². The Kier molecular flexibility index (Phi) is 3.99. The smallest absolute Gasteiger partial charge is 0.255 e. The third-order valence-electron chi connectivity index (χ3n) is 5.02. The summed E-state index contributed by atoms with van der Waals surface area (Å²) in [6, 6.07) is 7.95. The maximum Gasteiger partial charge on any atom is 0.255 e. The van der Waals surface area contributed by atoms with Gasteiger partial charge >= 0.3 is 0 Å². The van der Waals surface area contributed by atoms with Crippen LogP contribution >= 0.6 is 0 Å². The summed E-state index contributed by atoms with van der Waals surface area (Å²) >= 11 is 0. The highest BCUT2D eigenvalue weighted by Crippen LogP contribution is 2.22. The lowest BCUT2D eigenvalue weighted by atomic mass is 9.99. The molecule has 1 aliphatic heterocycles. The number of fused-ring (bicyclic) bond motifs is 1. The normalized spacial score (nSPS) is 15.7. The average molecular weight is 334 g/mol. The van der Waals surface area contributed by atoms with Gasteiger partial charge in [0.05, 0.1) is 17.4 Å². The molecule has 5 nitrogen and oxygen atoms in total. The number of piperidine rings is 1. The zero-order valence-corrected chi connectivity index (χ0v) is 14.6. The third-order valence-corrected chi connectivity index (χ3v) is 5.02. The number of hydrogen-bond acceptors (Lipinski definition) is 3. The summed E-state index contributed by atoms with van der Waals surface area (Å²) in [5.41, 5.74) is 3.46. The number of pyridine rings is 2. The van der Waals surface area contributed by atoms with Crippen molar-refractivity contribution in [3.63, 3.8) is 0 Å². The van der Waals surface area contributed by atoms with Gasteiger partial charge in [-0.05, 0) is 49.9 Å². The standard InChI is InChI=1S/C20H22N4O/c1-14-5-8-23(9-6-14)20(25)17-11-16-7-10-24(19(16)22-12-17)18-4-3-15(2)21-13-18/h3-4,7,10-14H,5-6,8-9H2,1-2H3. The third kappa shape index (κ3) is 3.02. The van der Waals surface area contributed by atoms with Gasteiger partial charge in [-0.3, -0.25) is 14.3 Å². The molecule has 0 atom stereocenters. The minimum Gasteiger partial charge on any atom is -0.339 e. The summed E-state index contributed by atoms with van der Waals surface area (Å²) in [6.45, 7) is 5.90. The molecular weight excluding hydrogens is 312 g/mol. The molecule has 3 aromatic rings. The van der Waals surface area contributed by atoms with Gasteiger partial charge < -0.3 is 4.90 Å². The van der Waals surface area contributed by atoms with Crippen molar-refractivity contribution in [2.75, 3.05) is 13.1 Å². The fourth-order valence-corrected chi connectivity index (χ4v) is 3.35. The van der Waals surface area contributed by atoms with Crippen LogP contribution in [-0.4, -0.2) is 38.4 Å². The van der Waals surface area contributed by atoms with Crippen molar-refractivity contribution in [2.24, 2.45) is 5.92 Å². The second-order valence-corrected chi connectivity index (χ2v) is 6.96. The zero-order chi connectivity index (χ0) is 17.4. The molecule has 0 spiro atoms. The van der Waals surface area contributed by atoms with Gasteiger partial charge in [0.1, 0.15) is 5.65 Å². The number of nitrogens with zero attached hydrogens (tertiary/aromatic N) is 4. The number of likely N-dealkylation sites (tertiary alicyclic amines) is 1. The number of carbonyl (C=O) groups excluding carboxylic acids is 1. The maximum absolute atomic E-state index is 12.7. The quantitative estimate of drug-likeness (QED) is 0.719. The second kappa shape index (κ2) is 6.31. The molecule has 0 aliphatic carbocycles. The molecule has 128 valence electrons. The SMILES string of the molecule is Cc1ccc(-n2ccc3cc(C(=O)N4CCC(C)CC4)cnc32)cn1. The van der Waals surface area contributed by atoms with E-state index in [0.717, 1.165) is 48.3 Å². The van der Waals surface area contributed by atoms with E-state index in [4.69, 9.17) is 0 Å². The second-order valence-electron chi connectivity index (χ2n) is 6.96. The Labute approximate surface area is 147 Å². The van der Waals surface area contributed by atoms with Crippen molar-refractivity contribution >= 4 is 16.9 Å². The minimum absolute atomic E-state index is 0.0889. The lowest BCUT2D eigenvalue weighted by molar-refractivity contribution is 0.0697. The monoisotopic (exact) mass is 334 g/mol. The van der Waals surface area contributed by atoms with Crippen molar-refractivity contribution in [1.82, 2.24) is 19.4 Å². The molecule has 0 saturated carbocycles. The Morgan fingerprint density at radius 1 is 1.12 bits per heavy atom. The molecule has 5 heteroatoms. The van der Waals surface area contributed by atoms with E-state index < -0.39 is 0 Å². The first kappa shape index (κ1) is 15.8. The highest BCUT2D eigenvalue weighted by atomic mass is 16.2. The topological polar surface area (TPSA) is 51.0 Å². The number of rotatable bonds is 2. The predicted octanol–water partition coefficient (Wildman–Crippen LogP) is 3.60. The average Bonchev–Trinajstić information content (AvgIpc) is 3.05. The summed E-state index contributed by atoms with van der Waals surface area (Å²) < 4.78 is 2.00. The van der Waals surface area contributed by atoms with Gasteiger partial charge in [-0.2, -0.15) is 0 Å². The molecule has 0 aromatic carbocycles. The summed E-state index contributed by atoms with van der Waals surface area (Å²) in [4.78, 5) is 23.6. The van der Waals surface area contributed by atoms with Crippen LogP contribution in [0.25, 0.3) is 16.7 Å². The number of carbonyl (C=O) groups is 1. The lowest BCUT2D eigenvalue weighted by Crippen LogP contribution is -2.37. The van der Waals surface area contributed by atoms with Crippen LogP contribution in [0.5, 0.6) is 0 Å². The number of aryl methyl sites for hydroxylation is 1. The zero-order valence-electron chi connectivity index (χ0n) is 14.6. The highest BCUT2D eigenvalue weighted by Gasteiger charge is 2.22. The van der Waals surface area contributed by atoms with Gasteiger partial charge in [-0.15, -0.1) is 0 Å². The highest BCUT2D eigenvalue weighted by molar-refractivity contribution is 5.97. The first-order chi connectivity index (χ1) is 12.1. The number of hydrogen-bond donors (Lipinski definition) is 0. The van der Waals surface area contributed by atoms with Crippen LogP contribution in [0.15, 0.2) is 42.9 Å². The van der Waals surface area contributed by atoms with Crippen molar-refractivity contribution in [3.8, 4) is 5.69 Å². The van der Waals surface area contributed by atoms with Crippen LogP contribution in [0.4, 0.5) is 0 Å². The Balaban J connectivity index is 1.63. The van der Waals surface area contributed by atoms with Crippen LogP contribution in [0, 0.1) is 12.8 Å². The van der Waals surface area contributed by atoms with Gasteiger partial charge in [0.2, 0.25) is 0 Å². The van der Waals surface area contributed by atoms with Crippen molar-refractivity contribution in [3.05, 3.63) is 54.1 Å². The van der Waals surface area contributed by atoms with Crippen LogP contribution in [-0.2, 0) is 0 Å². The molecule has 3 aromatic heterocycles. The van der Waals surface area contributed by atoms with E-state index in [-0.39, 0.29) is 5.91 Å². The molecule has 0 unspecified atom stereocenters. The predicted molar refractivity (Wildman–Crippen MR) is 97.9 cm³/mol.